The average molecular weight is 387 g/mol. The second kappa shape index (κ2) is 8.92. The van der Waals surface area contributed by atoms with Gasteiger partial charge in [0.2, 0.25) is 15.9 Å². The second-order valence-corrected chi connectivity index (χ2v) is 7.73. The van der Waals surface area contributed by atoms with Crippen molar-refractivity contribution in [1.29, 1.82) is 0 Å². The molecule has 136 valence electrons. The number of H-pyrrole nitrogens is 1. The maximum Gasteiger partial charge on any atom is 0.244 e. The summed E-state index contributed by atoms with van der Waals surface area (Å²) in [7, 11) is -4.17. The molecule has 0 saturated carbocycles. The number of sulfonamides is 1. The number of nitrogens with zero attached hydrogens (tertiary/aromatic N) is 2. The number of benzene rings is 1. The number of hydrogen-bond donors (Lipinski definition) is 3. The molecule has 0 aliphatic carbocycles. The first kappa shape index (κ1) is 19.3. The van der Waals surface area contributed by atoms with Crippen LogP contribution < -0.4 is 10.0 Å². The lowest BCUT2D eigenvalue weighted by atomic mass is 10.2. The van der Waals surface area contributed by atoms with E-state index in [-0.39, 0.29) is 13.0 Å². The predicted octanol–water partition coefficient (Wildman–Crippen LogP) is 0.660. The van der Waals surface area contributed by atoms with E-state index >= 15 is 0 Å². The molecule has 0 spiro atoms. The van der Waals surface area contributed by atoms with Gasteiger partial charge in [0, 0.05) is 0 Å². The van der Waals surface area contributed by atoms with Crippen molar-refractivity contribution in [2.45, 2.75) is 23.9 Å². The van der Waals surface area contributed by atoms with Crippen LogP contribution >= 0.6 is 11.8 Å². The third kappa shape index (κ3) is 5.51. The molecule has 1 atom stereocenters. The van der Waals surface area contributed by atoms with Gasteiger partial charge in [-0.25, -0.2) is 12.8 Å². The quantitative estimate of drug-likeness (QED) is 0.582. The number of thioether (sulfide) groups is 1. The van der Waals surface area contributed by atoms with E-state index in [1.165, 1.54) is 30.1 Å². The van der Waals surface area contributed by atoms with E-state index in [0.29, 0.717) is 11.4 Å². The third-order valence-corrected chi connectivity index (χ3v) is 5.41. The molecule has 3 N–H and O–H groups in total. The number of aromatic nitrogens is 3. The van der Waals surface area contributed by atoms with Gasteiger partial charge >= 0.3 is 0 Å². The fraction of sp³-hybridized carbons (Fsp3) is 0.357. The molecule has 0 aliphatic heterocycles. The Morgan fingerprint density at radius 1 is 1.40 bits per heavy atom. The largest absolute Gasteiger partial charge is 0.349 e. The van der Waals surface area contributed by atoms with E-state index < -0.39 is 32.7 Å². The van der Waals surface area contributed by atoms with Gasteiger partial charge in [-0.05, 0) is 30.6 Å². The zero-order valence-electron chi connectivity index (χ0n) is 13.4. The van der Waals surface area contributed by atoms with Gasteiger partial charge in [-0.2, -0.15) is 31.9 Å². The Kier molecular flexibility index (Phi) is 6.91. The minimum Gasteiger partial charge on any atom is -0.349 e. The van der Waals surface area contributed by atoms with Gasteiger partial charge in [-0.1, -0.05) is 12.1 Å². The van der Waals surface area contributed by atoms with Crippen molar-refractivity contribution in [3.63, 3.8) is 0 Å². The Bertz CT molecular complexity index is 799. The molecule has 2 rings (SSSR count). The van der Waals surface area contributed by atoms with Gasteiger partial charge in [-0.3, -0.25) is 4.79 Å². The Labute approximate surface area is 149 Å². The molecule has 0 unspecified atom stereocenters. The van der Waals surface area contributed by atoms with Gasteiger partial charge in [0.05, 0.1) is 12.7 Å². The molecule has 2 aromatic rings. The van der Waals surface area contributed by atoms with Crippen molar-refractivity contribution in [1.82, 2.24) is 25.4 Å². The minimum absolute atomic E-state index is 0.104. The Balaban J connectivity index is 2.10. The molecular formula is C14H18FN5O3S2. The summed E-state index contributed by atoms with van der Waals surface area (Å²) < 4.78 is 40.9. The summed E-state index contributed by atoms with van der Waals surface area (Å²) in [4.78, 5) is 11.8. The molecule has 1 aromatic carbocycles. The second-order valence-electron chi connectivity index (χ2n) is 5.06. The highest BCUT2D eigenvalue weighted by atomic mass is 32.2. The number of rotatable bonds is 9. The molecule has 1 aromatic heterocycles. The summed E-state index contributed by atoms with van der Waals surface area (Å²) in [5, 5.41) is 12.4. The molecule has 25 heavy (non-hydrogen) atoms. The Hall–Kier alpha value is -1.98. The molecule has 0 saturated heterocycles. The first-order valence-electron chi connectivity index (χ1n) is 7.32. The lowest BCUT2D eigenvalue weighted by molar-refractivity contribution is -0.122. The summed E-state index contributed by atoms with van der Waals surface area (Å²) in [6.45, 7) is 0.104. The fourth-order valence-electron chi connectivity index (χ4n) is 2.00. The summed E-state index contributed by atoms with van der Waals surface area (Å²) in [6.07, 6.45) is 3.55. The van der Waals surface area contributed by atoms with Gasteiger partial charge in [0.25, 0.3) is 0 Å². The Morgan fingerprint density at radius 3 is 2.80 bits per heavy atom. The first-order chi connectivity index (χ1) is 11.9. The summed E-state index contributed by atoms with van der Waals surface area (Å²) >= 11 is 1.47. The zero-order chi connectivity index (χ0) is 18.3. The first-order valence-corrected chi connectivity index (χ1v) is 10.2. The van der Waals surface area contributed by atoms with Crippen LogP contribution in [-0.4, -0.2) is 47.8 Å². The van der Waals surface area contributed by atoms with Crippen LogP contribution in [0.5, 0.6) is 0 Å². The zero-order valence-corrected chi connectivity index (χ0v) is 15.0. The molecule has 0 radical (unpaired) electrons. The van der Waals surface area contributed by atoms with Crippen LogP contribution in [0.1, 0.15) is 12.1 Å². The average Bonchev–Trinajstić information content (AvgIpc) is 3.10. The van der Waals surface area contributed by atoms with Crippen molar-refractivity contribution in [2.75, 3.05) is 12.0 Å². The number of nitrogens with one attached hydrogen (secondary N) is 3. The van der Waals surface area contributed by atoms with Gasteiger partial charge in [-0.15, -0.1) is 0 Å². The van der Waals surface area contributed by atoms with Crippen LogP contribution in [0.2, 0.25) is 0 Å². The van der Waals surface area contributed by atoms with Crippen LogP contribution in [-0.2, 0) is 21.4 Å². The smallest absolute Gasteiger partial charge is 0.244 e. The summed E-state index contributed by atoms with van der Waals surface area (Å²) in [5.74, 6) is -0.833. The highest BCUT2D eigenvalue weighted by Gasteiger charge is 2.27. The minimum atomic E-state index is -4.17. The SMILES string of the molecule is CSCC[C@@H](NS(=O)(=O)c1ccccc1F)C(=O)NCc1cn[nH]n1. The number of aromatic amines is 1. The maximum absolute atomic E-state index is 13.8. The molecule has 0 bridgehead atoms. The van der Waals surface area contributed by atoms with Crippen molar-refractivity contribution in [3.05, 3.63) is 42.0 Å². The monoisotopic (exact) mass is 387 g/mol. The van der Waals surface area contributed by atoms with Gasteiger partial charge in [0.1, 0.15) is 22.4 Å². The number of amides is 1. The van der Waals surface area contributed by atoms with Gasteiger partial charge in [0.15, 0.2) is 0 Å². The number of hydrogen-bond acceptors (Lipinski definition) is 6. The molecule has 8 nitrogen and oxygen atoms in total. The van der Waals surface area contributed by atoms with E-state index in [1.54, 1.807) is 0 Å². The number of carbonyl (C=O) groups is 1. The van der Waals surface area contributed by atoms with E-state index in [0.717, 1.165) is 12.1 Å². The standard InChI is InChI=1S/C14H18FN5O3S2/c1-24-7-6-12(14(21)16-8-10-9-17-20-18-10)19-25(22,23)13-5-3-2-4-11(13)15/h2-5,9,12,19H,6-8H2,1H3,(H,16,21)(H,17,18,20)/t12-/m1/s1. The van der Waals surface area contributed by atoms with Crippen molar-refractivity contribution in [3.8, 4) is 0 Å². The molecule has 0 aliphatic rings. The summed E-state index contributed by atoms with van der Waals surface area (Å²) in [5.41, 5.74) is 0.508. The van der Waals surface area contributed by atoms with Crippen molar-refractivity contribution < 1.29 is 17.6 Å². The van der Waals surface area contributed by atoms with E-state index in [9.17, 15) is 17.6 Å². The molecule has 11 heteroatoms. The van der Waals surface area contributed by atoms with Crippen LogP contribution in [0.25, 0.3) is 0 Å². The lowest BCUT2D eigenvalue weighted by Crippen LogP contribution is -2.47. The number of carbonyl (C=O) groups excluding carboxylic acids is 1. The van der Waals surface area contributed by atoms with Crippen molar-refractivity contribution >= 4 is 27.7 Å². The normalized spacial score (nSPS) is 12.7. The topological polar surface area (TPSA) is 117 Å². The molecule has 1 heterocycles. The summed E-state index contributed by atoms with van der Waals surface area (Å²) in [6, 6.07) is 3.99. The highest BCUT2D eigenvalue weighted by molar-refractivity contribution is 7.98. The third-order valence-electron chi connectivity index (χ3n) is 3.26. The predicted molar refractivity (Wildman–Crippen MR) is 91.7 cm³/mol. The fourth-order valence-corrected chi connectivity index (χ4v) is 3.78. The van der Waals surface area contributed by atoms with Crippen LogP contribution in [0, 0.1) is 5.82 Å². The van der Waals surface area contributed by atoms with Crippen LogP contribution in [0.3, 0.4) is 0 Å². The van der Waals surface area contributed by atoms with E-state index in [1.807, 2.05) is 6.26 Å². The van der Waals surface area contributed by atoms with Crippen LogP contribution in [0.4, 0.5) is 4.39 Å². The lowest BCUT2D eigenvalue weighted by Gasteiger charge is -2.18. The maximum atomic E-state index is 13.8. The van der Waals surface area contributed by atoms with Crippen LogP contribution in [0.15, 0.2) is 35.4 Å². The number of halogens is 1. The van der Waals surface area contributed by atoms with E-state index in [4.69, 9.17) is 0 Å². The van der Waals surface area contributed by atoms with Crippen molar-refractivity contribution in [2.24, 2.45) is 0 Å². The highest BCUT2D eigenvalue weighted by Crippen LogP contribution is 2.15. The Morgan fingerprint density at radius 2 is 2.16 bits per heavy atom. The van der Waals surface area contributed by atoms with Gasteiger partial charge < -0.3 is 5.32 Å². The van der Waals surface area contributed by atoms with E-state index in [2.05, 4.69) is 25.4 Å². The molecule has 1 amide bonds. The molecular weight excluding hydrogens is 369 g/mol. The molecule has 0 fully saturated rings.